The number of aliphatic imine (C=N–C) groups is 1. The lowest BCUT2D eigenvalue weighted by molar-refractivity contribution is -0.112. The van der Waals surface area contributed by atoms with Gasteiger partial charge in [0.15, 0.2) is 0 Å². The van der Waals surface area contributed by atoms with Gasteiger partial charge in [0.05, 0.1) is 17.2 Å². The van der Waals surface area contributed by atoms with Crippen LogP contribution in [0.4, 0.5) is 5.69 Å². The van der Waals surface area contributed by atoms with Gasteiger partial charge in [-0.25, -0.2) is 4.99 Å². The highest BCUT2D eigenvalue weighted by molar-refractivity contribution is 6.19. The first-order valence-electron chi connectivity index (χ1n) is 14.7. The van der Waals surface area contributed by atoms with Crippen molar-refractivity contribution in [1.82, 2.24) is 4.90 Å². The highest BCUT2D eigenvalue weighted by atomic mass is 16.5. The van der Waals surface area contributed by atoms with Gasteiger partial charge >= 0.3 is 0 Å². The average Bonchev–Trinajstić information content (AvgIpc) is 3.02. The molecule has 0 spiro atoms. The van der Waals surface area contributed by atoms with E-state index in [-0.39, 0.29) is 11.8 Å². The number of nitrogens with one attached hydrogen (secondary N) is 1. The van der Waals surface area contributed by atoms with E-state index < -0.39 is 0 Å². The summed E-state index contributed by atoms with van der Waals surface area (Å²) in [6, 6.07) is 15.1. The van der Waals surface area contributed by atoms with E-state index in [4.69, 9.17) is 9.73 Å². The maximum absolute atomic E-state index is 13.3. The van der Waals surface area contributed by atoms with E-state index in [1.807, 2.05) is 69.4 Å². The van der Waals surface area contributed by atoms with Gasteiger partial charge < -0.3 is 15.0 Å². The molecular weight excluding hydrogens is 534 g/mol. The lowest BCUT2D eigenvalue weighted by atomic mass is 9.98. The van der Waals surface area contributed by atoms with Crippen molar-refractivity contribution >= 4 is 28.9 Å². The molecule has 0 bridgehead atoms. The van der Waals surface area contributed by atoms with E-state index in [0.717, 1.165) is 46.0 Å². The summed E-state index contributed by atoms with van der Waals surface area (Å²) in [5, 5.41) is 2.97. The van der Waals surface area contributed by atoms with E-state index in [1.54, 1.807) is 43.1 Å². The first-order chi connectivity index (χ1) is 20.7. The first kappa shape index (κ1) is 32.8. The fraction of sp³-hybridized carbons (Fsp3) is 0.270. The summed E-state index contributed by atoms with van der Waals surface area (Å²) in [6.07, 6.45) is 15.1. The molecule has 224 valence electrons. The van der Waals surface area contributed by atoms with Gasteiger partial charge in [-0.3, -0.25) is 9.59 Å². The van der Waals surface area contributed by atoms with Crippen LogP contribution in [0.5, 0.6) is 0 Å². The largest absolute Gasteiger partial charge is 0.467 e. The molecule has 6 heteroatoms. The highest BCUT2D eigenvalue weighted by Gasteiger charge is 2.17. The number of allylic oxidation sites excluding steroid dienone is 9. The quantitative estimate of drug-likeness (QED) is 0.215. The Kier molecular flexibility index (Phi) is 12.3. The third-order valence-corrected chi connectivity index (χ3v) is 7.16. The van der Waals surface area contributed by atoms with Crippen molar-refractivity contribution in [3.05, 3.63) is 130 Å². The van der Waals surface area contributed by atoms with Crippen LogP contribution in [0, 0.1) is 6.92 Å². The molecule has 0 unspecified atom stereocenters. The fourth-order valence-electron chi connectivity index (χ4n) is 4.45. The molecule has 0 heterocycles. The SMILES string of the molecule is CC=C(CCN(C)C(=O)c1ccc(NC(=O)\C(C)=C2/C=CC=C/C2=N/C(=C/CC)c2ccccc2C)cc1)O/C(C)=C\C. The number of benzene rings is 2. The van der Waals surface area contributed by atoms with E-state index in [9.17, 15) is 9.59 Å². The van der Waals surface area contributed by atoms with Crippen LogP contribution in [-0.2, 0) is 9.53 Å². The molecule has 0 aliphatic heterocycles. The molecule has 1 N–H and O–H groups in total. The summed E-state index contributed by atoms with van der Waals surface area (Å²) in [4.78, 5) is 33.0. The Morgan fingerprint density at radius 3 is 2.33 bits per heavy atom. The van der Waals surface area contributed by atoms with Crippen molar-refractivity contribution in [3.63, 3.8) is 0 Å². The van der Waals surface area contributed by atoms with Gasteiger partial charge in [0.1, 0.15) is 5.76 Å². The van der Waals surface area contributed by atoms with Crippen LogP contribution < -0.4 is 5.32 Å². The molecule has 0 saturated carbocycles. The van der Waals surface area contributed by atoms with Crippen LogP contribution in [-0.4, -0.2) is 36.0 Å². The number of hydrogen-bond acceptors (Lipinski definition) is 4. The van der Waals surface area contributed by atoms with Crippen LogP contribution >= 0.6 is 0 Å². The average molecular weight is 578 g/mol. The Labute approximate surface area is 256 Å². The lowest BCUT2D eigenvalue weighted by Gasteiger charge is -2.19. The van der Waals surface area contributed by atoms with Crippen LogP contribution in [0.2, 0.25) is 0 Å². The molecule has 0 saturated heterocycles. The Bertz CT molecular complexity index is 1530. The predicted molar refractivity (Wildman–Crippen MR) is 179 cm³/mol. The fourth-order valence-corrected chi connectivity index (χ4v) is 4.45. The molecular formula is C37H43N3O3. The lowest BCUT2D eigenvalue weighted by Crippen LogP contribution is -2.28. The number of ether oxygens (including phenoxy) is 1. The van der Waals surface area contributed by atoms with Gasteiger partial charge in [-0.1, -0.05) is 55.5 Å². The molecule has 2 aromatic carbocycles. The molecule has 3 rings (SSSR count). The molecule has 6 nitrogen and oxygen atoms in total. The highest BCUT2D eigenvalue weighted by Crippen LogP contribution is 2.24. The number of amides is 2. The zero-order valence-corrected chi connectivity index (χ0v) is 26.4. The van der Waals surface area contributed by atoms with Gasteiger partial charge in [-0.2, -0.15) is 0 Å². The summed E-state index contributed by atoms with van der Waals surface area (Å²) < 4.78 is 5.78. The smallest absolute Gasteiger partial charge is 0.253 e. The molecule has 0 fully saturated rings. The number of aryl methyl sites for hydroxylation is 1. The maximum Gasteiger partial charge on any atom is 0.253 e. The monoisotopic (exact) mass is 577 g/mol. The second-order valence-corrected chi connectivity index (χ2v) is 10.3. The van der Waals surface area contributed by atoms with Crippen molar-refractivity contribution < 1.29 is 14.3 Å². The summed E-state index contributed by atoms with van der Waals surface area (Å²) in [7, 11) is 1.77. The third-order valence-electron chi connectivity index (χ3n) is 7.16. The zero-order valence-electron chi connectivity index (χ0n) is 26.4. The zero-order chi connectivity index (χ0) is 31.4. The van der Waals surface area contributed by atoms with Gasteiger partial charge in [0, 0.05) is 48.0 Å². The van der Waals surface area contributed by atoms with Crippen molar-refractivity contribution in [2.45, 2.75) is 54.4 Å². The number of carbonyl (C=O) groups is 2. The number of anilines is 1. The minimum Gasteiger partial charge on any atom is -0.467 e. The van der Waals surface area contributed by atoms with Crippen LogP contribution in [0.1, 0.15) is 68.9 Å². The van der Waals surface area contributed by atoms with Crippen molar-refractivity contribution in [2.75, 3.05) is 18.9 Å². The normalized spacial score (nSPS) is 15.9. The van der Waals surface area contributed by atoms with Crippen LogP contribution in [0.25, 0.3) is 5.70 Å². The van der Waals surface area contributed by atoms with Crippen molar-refractivity contribution in [3.8, 4) is 0 Å². The first-order valence-corrected chi connectivity index (χ1v) is 14.7. The van der Waals surface area contributed by atoms with E-state index in [2.05, 4.69) is 37.4 Å². The molecule has 0 atom stereocenters. The summed E-state index contributed by atoms with van der Waals surface area (Å²) in [6.45, 7) is 12.2. The molecule has 2 amide bonds. The summed E-state index contributed by atoms with van der Waals surface area (Å²) in [5.74, 6) is 1.32. The van der Waals surface area contributed by atoms with Gasteiger partial charge in [0.2, 0.25) is 0 Å². The van der Waals surface area contributed by atoms with Gasteiger partial charge in [-0.15, -0.1) is 0 Å². The Morgan fingerprint density at radius 2 is 1.67 bits per heavy atom. The molecule has 43 heavy (non-hydrogen) atoms. The predicted octanol–water partition coefficient (Wildman–Crippen LogP) is 8.57. The number of carbonyl (C=O) groups excluding carboxylic acids is 2. The van der Waals surface area contributed by atoms with Crippen molar-refractivity contribution in [2.24, 2.45) is 4.99 Å². The third kappa shape index (κ3) is 9.14. The van der Waals surface area contributed by atoms with E-state index in [1.165, 1.54) is 0 Å². The molecule has 1 aliphatic carbocycles. The van der Waals surface area contributed by atoms with Crippen LogP contribution in [0.3, 0.4) is 0 Å². The maximum atomic E-state index is 13.3. The standard InChI is InChI=1S/C37H43N3O3/c1-8-15-34(32-17-12-11-16-26(32)4)39-35-19-14-13-18-33(35)28(6)36(41)38-30-22-20-29(21-23-30)37(42)40(7)25-24-31(10-3)43-27(5)9-2/h9-23H,8,24-25H2,1-7H3,(H,38,41)/b27-9-,31-10?,33-28+,34-15+,39-35-. The van der Waals surface area contributed by atoms with Crippen molar-refractivity contribution in [1.29, 1.82) is 0 Å². The molecule has 0 aromatic heterocycles. The minimum atomic E-state index is -0.230. The Hall–Kier alpha value is -4.71. The minimum absolute atomic E-state index is 0.0982. The number of nitrogens with zero attached hydrogens (tertiary/aromatic N) is 2. The number of hydrogen-bond donors (Lipinski definition) is 1. The molecule has 1 aliphatic rings. The van der Waals surface area contributed by atoms with E-state index >= 15 is 0 Å². The number of rotatable bonds is 11. The van der Waals surface area contributed by atoms with Gasteiger partial charge in [0.25, 0.3) is 11.8 Å². The second-order valence-electron chi connectivity index (χ2n) is 10.3. The van der Waals surface area contributed by atoms with E-state index in [0.29, 0.717) is 29.8 Å². The topological polar surface area (TPSA) is 71.0 Å². The Balaban J connectivity index is 1.73. The summed E-state index contributed by atoms with van der Waals surface area (Å²) in [5.41, 5.74) is 6.30. The second kappa shape index (κ2) is 16.1. The molecule has 0 radical (unpaired) electrons. The molecule has 2 aromatic rings. The summed E-state index contributed by atoms with van der Waals surface area (Å²) >= 11 is 0. The van der Waals surface area contributed by atoms with Crippen LogP contribution in [0.15, 0.2) is 119 Å². The Morgan fingerprint density at radius 1 is 0.977 bits per heavy atom. The van der Waals surface area contributed by atoms with Gasteiger partial charge in [-0.05, 0) is 89.1 Å².